The number of aromatic nitrogens is 1. The molecule has 208 valence electrons. The summed E-state index contributed by atoms with van der Waals surface area (Å²) in [5.74, 6) is 0.525. The van der Waals surface area contributed by atoms with Crippen LogP contribution in [0.25, 0.3) is 22.6 Å². The Bertz CT molecular complexity index is 1490. The van der Waals surface area contributed by atoms with Gasteiger partial charge in [0.1, 0.15) is 0 Å². The molecule has 40 heavy (non-hydrogen) atoms. The lowest BCUT2D eigenvalue weighted by Crippen LogP contribution is -2.36. The number of carbonyl (C=O) groups excluding carboxylic acids is 2. The van der Waals surface area contributed by atoms with Crippen molar-refractivity contribution >= 4 is 34.4 Å². The second kappa shape index (κ2) is 12.4. The van der Waals surface area contributed by atoms with Crippen molar-refractivity contribution in [3.05, 3.63) is 76.5 Å². The van der Waals surface area contributed by atoms with Crippen molar-refractivity contribution in [2.75, 3.05) is 20.8 Å². The van der Waals surface area contributed by atoms with E-state index in [2.05, 4.69) is 17.5 Å². The van der Waals surface area contributed by atoms with Crippen LogP contribution in [-0.4, -0.2) is 43.7 Å². The molecule has 1 heterocycles. The van der Waals surface area contributed by atoms with Crippen molar-refractivity contribution in [3.8, 4) is 11.5 Å². The van der Waals surface area contributed by atoms with E-state index in [9.17, 15) is 9.59 Å². The molecule has 0 spiro atoms. The maximum atomic E-state index is 13.6. The second-order valence-electron chi connectivity index (χ2n) is 10.3. The van der Waals surface area contributed by atoms with Gasteiger partial charge >= 0.3 is 5.97 Å². The summed E-state index contributed by atoms with van der Waals surface area (Å²) < 4.78 is 16.6. The van der Waals surface area contributed by atoms with Gasteiger partial charge in [-0.25, -0.2) is 9.78 Å². The number of carbonyl (C=O) groups is 2. The third kappa shape index (κ3) is 5.88. The third-order valence-electron chi connectivity index (χ3n) is 7.68. The zero-order chi connectivity index (χ0) is 28.1. The van der Waals surface area contributed by atoms with E-state index < -0.39 is 12.1 Å². The number of ether oxygens (including phenoxy) is 3. The number of pyridine rings is 1. The van der Waals surface area contributed by atoms with E-state index in [-0.39, 0.29) is 5.91 Å². The Kier molecular flexibility index (Phi) is 8.48. The van der Waals surface area contributed by atoms with Gasteiger partial charge in [0.2, 0.25) is 0 Å². The van der Waals surface area contributed by atoms with Crippen LogP contribution in [0.2, 0.25) is 0 Å². The highest BCUT2D eigenvalue weighted by molar-refractivity contribution is 6.07. The molecule has 2 aliphatic carbocycles. The van der Waals surface area contributed by atoms with Gasteiger partial charge in [0.05, 0.1) is 31.0 Å². The number of amides is 1. The zero-order valence-corrected chi connectivity index (χ0v) is 23.4. The van der Waals surface area contributed by atoms with E-state index in [0.29, 0.717) is 35.5 Å². The van der Waals surface area contributed by atoms with Crippen LogP contribution in [0.4, 0.5) is 0 Å². The molecule has 0 radical (unpaired) electrons. The van der Waals surface area contributed by atoms with Gasteiger partial charge < -0.3 is 19.5 Å². The van der Waals surface area contributed by atoms with Crippen LogP contribution in [0.5, 0.6) is 11.5 Å². The minimum absolute atomic E-state index is 0.284. The number of rotatable bonds is 9. The molecule has 2 aliphatic rings. The number of esters is 1. The number of nitrogens with zero attached hydrogens (tertiary/aromatic N) is 1. The molecule has 0 fully saturated rings. The monoisotopic (exact) mass is 540 g/mol. The van der Waals surface area contributed by atoms with Gasteiger partial charge in [-0.15, -0.1) is 0 Å². The summed E-state index contributed by atoms with van der Waals surface area (Å²) in [7, 11) is 3.22. The Balaban J connectivity index is 1.38. The first-order chi connectivity index (χ1) is 19.5. The molecule has 0 aliphatic heterocycles. The number of allylic oxidation sites excluding steroid dienone is 2. The molecular formula is C33H36N2O5. The standard InChI is InChI=1S/C33H36N2O5/c1-21(32(36)34-18-17-22-9-5-4-6-10-22)40-33(37)30-25-11-7-8-12-27(25)35-31-24(14-15-26(30)31)19-23-13-16-28(38-2)29(20-23)39-3/h7-9,11-13,16,19-21H,4-6,10,14-15,17-18H2,1-3H3,(H,34,36)/b24-19-. The number of methoxy groups -OCH3 is 2. The minimum atomic E-state index is -0.904. The molecule has 1 unspecified atom stereocenters. The predicted octanol–water partition coefficient (Wildman–Crippen LogP) is 6.29. The van der Waals surface area contributed by atoms with Crippen molar-refractivity contribution in [2.24, 2.45) is 0 Å². The van der Waals surface area contributed by atoms with E-state index in [4.69, 9.17) is 19.2 Å². The lowest BCUT2D eigenvalue weighted by Gasteiger charge is -2.17. The van der Waals surface area contributed by atoms with E-state index in [1.807, 2.05) is 42.5 Å². The predicted molar refractivity (Wildman–Crippen MR) is 157 cm³/mol. The molecule has 0 saturated carbocycles. The van der Waals surface area contributed by atoms with E-state index in [1.54, 1.807) is 21.1 Å². The largest absolute Gasteiger partial charge is 0.493 e. The van der Waals surface area contributed by atoms with Crippen molar-refractivity contribution in [3.63, 3.8) is 0 Å². The number of para-hydroxylation sites is 1. The van der Waals surface area contributed by atoms with Gasteiger partial charge in [-0.2, -0.15) is 0 Å². The van der Waals surface area contributed by atoms with Gasteiger partial charge in [-0.3, -0.25) is 4.79 Å². The zero-order valence-electron chi connectivity index (χ0n) is 23.4. The topological polar surface area (TPSA) is 86.8 Å². The first-order valence-electron chi connectivity index (χ1n) is 14.0. The first kappa shape index (κ1) is 27.4. The Morgan fingerprint density at radius 1 is 1.02 bits per heavy atom. The Hall–Kier alpha value is -4.13. The van der Waals surface area contributed by atoms with Crippen molar-refractivity contribution in [2.45, 2.75) is 58.0 Å². The smallest absolute Gasteiger partial charge is 0.339 e. The fraction of sp³-hybridized carbons (Fsp3) is 0.364. The number of hydrogen-bond acceptors (Lipinski definition) is 6. The lowest BCUT2D eigenvalue weighted by molar-refractivity contribution is -0.129. The first-order valence-corrected chi connectivity index (χ1v) is 14.0. The fourth-order valence-electron chi connectivity index (χ4n) is 5.55. The van der Waals surface area contributed by atoms with Crippen LogP contribution >= 0.6 is 0 Å². The Morgan fingerprint density at radius 3 is 2.62 bits per heavy atom. The van der Waals surface area contributed by atoms with E-state index in [1.165, 1.54) is 18.4 Å². The Morgan fingerprint density at radius 2 is 1.85 bits per heavy atom. The van der Waals surface area contributed by atoms with E-state index >= 15 is 0 Å². The molecular weight excluding hydrogens is 504 g/mol. The average Bonchev–Trinajstić information content (AvgIpc) is 3.37. The van der Waals surface area contributed by atoms with E-state index in [0.717, 1.165) is 53.5 Å². The highest BCUT2D eigenvalue weighted by Gasteiger charge is 2.29. The molecule has 7 heteroatoms. The third-order valence-corrected chi connectivity index (χ3v) is 7.68. The van der Waals surface area contributed by atoms with Gasteiger partial charge in [0, 0.05) is 11.9 Å². The molecule has 0 bridgehead atoms. The van der Waals surface area contributed by atoms with Gasteiger partial charge in [0.25, 0.3) is 5.91 Å². The molecule has 0 saturated heterocycles. The van der Waals surface area contributed by atoms with Crippen molar-refractivity contribution in [1.82, 2.24) is 10.3 Å². The molecule has 1 aromatic heterocycles. The van der Waals surface area contributed by atoms with Crippen LogP contribution in [0.3, 0.4) is 0 Å². The molecule has 1 N–H and O–H groups in total. The molecule has 1 atom stereocenters. The highest BCUT2D eigenvalue weighted by Crippen LogP contribution is 2.39. The Labute approximate surface area is 235 Å². The van der Waals surface area contributed by atoms with Crippen LogP contribution in [0.15, 0.2) is 54.1 Å². The van der Waals surface area contributed by atoms with Crippen LogP contribution in [0.1, 0.15) is 72.6 Å². The number of benzene rings is 2. The molecule has 1 amide bonds. The van der Waals surface area contributed by atoms with Crippen LogP contribution < -0.4 is 14.8 Å². The second-order valence-corrected chi connectivity index (χ2v) is 10.3. The number of nitrogens with one attached hydrogen (secondary N) is 1. The van der Waals surface area contributed by atoms with Gasteiger partial charge in [-0.05, 0) is 92.8 Å². The summed E-state index contributed by atoms with van der Waals surface area (Å²) in [5, 5.41) is 3.66. The fourth-order valence-corrected chi connectivity index (χ4v) is 5.55. The van der Waals surface area contributed by atoms with Crippen molar-refractivity contribution < 1.29 is 23.8 Å². The minimum Gasteiger partial charge on any atom is -0.493 e. The maximum Gasteiger partial charge on any atom is 0.339 e. The summed E-state index contributed by atoms with van der Waals surface area (Å²) in [5.41, 5.74) is 6.23. The summed E-state index contributed by atoms with van der Waals surface area (Å²) in [6, 6.07) is 13.3. The van der Waals surface area contributed by atoms with Crippen molar-refractivity contribution in [1.29, 1.82) is 0 Å². The summed E-state index contributed by atoms with van der Waals surface area (Å²) >= 11 is 0. The summed E-state index contributed by atoms with van der Waals surface area (Å²) in [6.45, 7) is 2.17. The SMILES string of the molecule is COc1ccc(/C=C2/CCc3c2nc2ccccc2c3C(=O)OC(C)C(=O)NCCC2=CCCCC2)cc1OC. The highest BCUT2D eigenvalue weighted by atomic mass is 16.5. The number of fused-ring (bicyclic) bond motifs is 2. The molecule has 2 aromatic carbocycles. The maximum absolute atomic E-state index is 13.6. The molecule has 7 nitrogen and oxygen atoms in total. The summed E-state index contributed by atoms with van der Waals surface area (Å²) in [4.78, 5) is 31.3. The molecule has 3 aromatic rings. The van der Waals surface area contributed by atoms with Gasteiger partial charge in [-0.1, -0.05) is 35.9 Å². The average molecular weight is 541 g/mol. The molecule has 5 rings (SSSR count). The van der Waals surface area contributed by atoms with Gasteiger partial charge in [0.15, 0.2) is 17.6 Å². The normalized spacial score (nSPS) is 16.3. The van der Waals surface area contributed by atoms with Crippen LogP contribution in [-0.2, 0) is 16.0 Å². The lowest BCUT2D eigenvalue weighted by atomic mass is 9.97. The number of hydrogen-bond donors (Lipinski definition) is 1. The van der Waals surface area contributed by atoms with Crippen LogP contribution in [0, 0.1) is 0 Å². The quantitative estimate of drug-likeness (QED) is 0.254. The summed E-state index contributed by atoms with van der Waals surface area (Å²) in [6.07, 6.45) is 10.3.